The van der Waals surface area contributed by atoms with Crippen LogP contribution in [-0.4, -0.2) is 50.1 Å². The van der Waals surface area contributed by atoms with Crippen molar-refractivity contribution >= 4 is 11.5 Å². The standard InChI is InChI=1S/C12H20N4S/c1-12(2,3)15-6-10-4-11(7-15)16(10)5-9-8-17-14-13-9/h8,10-11H,4-7H2,1-3H3. The molecule has 2 bridgehead atoms. The van der Waals surface area contributed by atoms with Crippen LogP contribution >= 0.6 is 11.5 Å². The van der Waals surface area contributed by atoms with E-state index in [2.05, 4.69) is 45.5 Å². The predicted octanol–water partition coefficient (Wildman–Crippen LogP) is 1.60. The Morgan fingerprint density at radius 3 is 2.59 bits per heavy atom. The van der Waals surface area contributed by atoms with Gasteiger partial charge in [0.25, 0.3) is 0 Å². The second-order valence-electron chi connectivity index (χ2n) is 6.19. The molecule has 17 heavy (non-hydrogen) atoms. The van der Waals surface area contributed by atoms with Gasteiger partial charge in [-0.25, -0.2) is 0 Å². The molecule has 5 heteroatoms. The summed E-state index contributed by atoms with van der Waals surface area (Å²) in [6, 6.07) is 1.46. The Hall–Kier alpha value is -0.520. The number of hydrogen-bond donors (Lipinski definition) is 0. The summed E-state index contributed by atoms with van der Waals surface area (Å²) in [6.07, 6.45) is 1.37. The minimum atomic E-state index is 0.311. The molecule has 0 amide bonds. The smallest absolute Gasteiger partial charge is 0.0895 e. The van der Waals surface area contributed by atoms with Gasteiger partial charge >= 0.3 is 0 Å². The summed E-state index contributed by atoms with van der Waals surface area (Å²) in [7, 11) is 0. The molecular formula is C12H20N4S. The summed E-state index contributed by atoms with van der Waals surface area (Å²) in [5, 5.41) is 6.21. The van der Waals surface area contributed by atoms with Gasteiger partial charge in [-0.1, -0.05) is 4.49 Å². The lowest BCUT2D eigenvalue weighted by Gasteiger charge is -2.59. The fraction of sp³-hybridized carbons (Fsp3) is 0.833. The first kappa shape index (κ1) is 11.6. The van der Waals surface area contributed by atoms with E-state index in [-0.39, 0.29) is 0 Å². The molecule has 0 aromatic carbocycles. The Bertz CT molecular complexity index is 372. The molecule has 3 fully saturated rings. The second-order valence-corrected chi connectivity index (χ2v) is 6.80. The maximum atomic E-state index is 4.15. The van der Waals surface area contributed by atoms with Crippen LogP contribution in [0.2, 0.25) is 0 Å². The van der Waals surface area contributed by atoms with Crippen molar-refractivity contribution in [2.45, 2.75) is 51.4 Å². The SMILES string of the molecule is CC(C)(C)N1CC2CC(C1)N2Cc1csnn1. The number of piperidine rings is 1. The lowest BCUT2D eigenvalue weighted by Crippen LogP contribution is -2.70. The predicted molar refractivity (Wildman–Crippen MR) is 69.0 cm³/mol. The van der Waals surface area contributed by atoms with Gasteiger partial charge in [0.05, 0.1) is 5.69 Å². The van der Waals surface area contributed by atoms with E-state index in [1.807, 2.05) is 0 Å². The van der Waals surface area contributed by atoms with Crippen LogP contribution < -0.4 is 0 Å². The highest BCUT2D eigenvalue weighted by Crippen LogP contribution is 2.36. The topological polar surface area (TPSA) is 32.3 Å². The van der Waals surface area contributed by atoms with Crippen LogP contribution in [0, 0.1) is 0 Å². The number of piperazine rings is 1. The fourth-order valence-electron chi connectivity index (χ4n) is 2.93. The number of hydrogen-bond acceptors (Lipinski definition) is 5. The molecule has 94 valence electrons. The summed E-state index contributed by atoms with van der Waals surface area (Å²) in [6.45, 7) is 10.3. The van der Waals surface area contributed by atoms with Crippen LogP contribution in [0.5, 0.6) is 0 Å². The zero-order valence-corrected chi connectivity index (χ0v) is 11.6. The van der Waals surface area contributed by atoms with Crippen molar-refractivity contribution in [1.29, 1.82) is 0 Å². The fourth-order valence-corrected chi connectivity index (χ4v) is 3.38. The van der Waals surface area contributed by atoms with Crippen molar-refractivity contribution < 1.29 is 0 Å². The van der Waals surface area contributed by atoms with E-state index < -0.39 is 0 Å². The van der Waals surface area contributed by atoms with Crippen molar-refractivity contribution in [1.82, 2.24) is 19.4 Å². The quantitative estimate of drug-likeness (QED) is 0.800. The van der Waals surface area contributed by atoms with Crippen LogP contribution in [0.4, 0.5) is 0 Å². The minimum absolute atomic E-state index is 0.311. The number of aromatic nitrogens is 2. The van der Waals surface area contributed by atoms with E-state index in [1.54, 1.807) is 0 Å². The van der Waals surface area contributed by atoms with Crippen molar-refractivity contribution in [2.24, 2.45) is 0 Å². The molecule has 0 spiro atoms. The van der Waals surface area contributed by atoms with E-state index in [0.29, 0.717) is 5.54 Å². The molecule has 4 rings (SSSR count). The highest BCUT2D eigenvalue weighted by molar-refractivity contribution is 7.03. The third-order valence-corrected chi connectivity index (χ3v) is 4.60. The molecule has 0 aliphatic carbocycles. The van der Waals surface area contributed by atoms with E-state index >= 15 is 0 Å². The molecule has 1 aromatic heterocycles. The Kier molecular flexibility index (Phi) is 2.72. The summed E-state index contributed by atoms with van der Waals surface area (Å²) < 4.78 is 3.94. The maximum absolute atomic E-state index is 4.15. The Balaban J connectivity index is 1.62. The maximum Gasteiger partial charge on any atom is 0.0895 e. The minimum Gasteiger partial charge on any atom is -0.295 e. The molecule has 3 aliphatic rings. The summed E-state index contributed by atoms with van der Waals surface area (Å²) in [5.74, 6) is 0. The lowest BCUT2D eigenvalue weighted by atomic mass is 9.84. The third kappa shape index (κ3) is 2.11. The highest BCUT2D eigenvalue weighted by atomic mass is 32.1. The van der Waals surface area contributed by atoms with Crippen molar-refractivity contribution in [3.63, 3.8) is 0 Å². The van der Waals surface area contributed by atoms with Gasteiger partial charge < -0.3 is 0 Å². The van der Waals surface area contributed by atoms with Crippen LogP contribution in [0.3, 0.4) is 0 Å². The van der Waals surface area contributed by atoms with Gasteiger partial charge in [-0.3, -0.25) is 9.80 Å². The van der Waals surface area contributed by atoms with Crippen molar-refractivity contribution in [3.8, 4) is 0 Å². The van der Waals surface area contributed by atoms with Gasteiger partial charge in [-0.15, -0.1) is 5.10 Å². The Morgan fingerprint density at radius 2 is 2.06 bits per heavy atom. The van der Waals surface area contributed by atoms with Crippen molar-refractivity contribution in [2.75, 3.05) is 13.1 Å². The second kappa shape index (κ2) is 4.00. The van der Waals surface area contributed by atoms with Gasteiger partial charge in [0.1, 0.15) is 0 Å². The lowest BCUT2D eigenvalue weighted by molar-refractivity contribution is -0.100. The van der Waals surface area contributed by atoms with E-state index in [9.17, 15) is 0 Å². The van der Waals surface area contributed by atoms with Gasteiger partial charge in [-0.05, 0) is 38.7 Å². The molecule has 4 heterocycles. The summed E-state index contributed by atoms with van der Waals surface area (Å²) in [4.78, 5) is 5.21. The molecule has 3 saturated heterocycles. The van der Waals surface area contributed by atoms with Gasteiger partial charge in [0.2, 0.25) is 0 Å². The van der Waals surface area contributed by atoms with E-state index in [1.165, 1.54) is 31.0 Å². The number of nitrogens with zero attached hydrogens (tertiary/aromatic N) is 4. The molecular weight excluding hydrogens is 232 g/mol. The van der Waals surface area contributed by atoms with Gasteiger partial charge in [0, 0.05) is 42.6 Å². The first-order chi connectivity index (χ1) is 8.04. The van der Waals surface area contributed by atoms with Gasteiger partial charge in [0.15, 0.2) is 0 Å². The van der Waals surface area contributed by atoms with Gasteiger partial charge in [-0.2, -0.15) is 0 Å². The van der Waals surface area contributed by atoms with E-state index in [0.717, 1.165) is 24.3 Å². The molecule has 4 nitrogen and oxygen atoms in total. The average Bonchev–Trinajstić information content (AvgIpc) is 2.77. The Labute approximate surface area is 107 Å². The third-order valence-electron chi connectivity index (χ3n) is 4.04. The molecule has 0 radical (unpaired) electrons. The first-order valence-electron chi connectivity index (χ1n) is 6.31. The molecule has 2 atom stereocenters. The molecule has 2 unspecified atom stereocenters. The normalized spacial score (nSPS) is 30.3. The van der Waals surface area contributed by atoms with Crippen LogP contribution in [0.25, 0.3) is 0 Å². The molecule has 1 aromatic rings. The van der Waals surface area contributed by atoms with Crippen LogP contribution in [0.1, 0.15) is 32.9 Å². The van der Waals surface area contributed by atoms with Crippen molar-refractivity contribution in [3.05, 3.63) is 11.1 Å². The zero-order valence-electron chi connectivity index (χ0n) is 10.8. The summed E-state index contributed by atoms with van der Waals surface area (Å²) >= 11 is 1.45. The number of rotatable bonds is 2. The number of fused-ring (bicyclic) bond motifs is 2. The van der Waals surface area contributed by atoms with E-state index in [4.69, 9.17) is 0 Å². The highest BCUT2D eigenvalue weighted by Gasteiger charge is 2.46. The van der Waals surface area contributed by atoms with Crippen LogP contribution in [-0.2, 0) is 6.54 Å². The molecule has 0 N–H and O–H groups in total. The van der Waals surface area contributed by atoms with Crippen LogP contribution in [0.15, 0.2) is 5.38 Å². The Morgan fingerprint density at radius 1 is 1.35 bits per heavy atom. The zero-order chi connectivity index (χ0) is 12.0. The molecule has 0 saturated carbocycles. The monoisotopic (exact) mass is 252 g/mol. The average molecular weight is 252 g/mol. The molecule has 3 aliphatic heterocycles. The summed E-state index contributed by atoms with van der Waals surface area (Å²) in [5.41, 5.74) is 1.44. The first-order valence-corrected chi connectivity index (χ1v) is 7.14. The largest absolute Gasteiger partial charge is 0.295 e.